The molecule has 0 saturated heterocycles. The van der Waals surface area contributed by atoms with Crippen molar-refractivity contribution in [3.8, 4) is 0 Å². The molecule has 5 atom stereocenters. The van der Waals surface area contributed by atoms with Gasteiger partial charge in [-0.1, -0.05) is 70.7 Å². The fraction of sp³-hybridized carbons (Fsp3) is 0.667. The van der Waals surface area contributed by atoms with E-state index in [0.717, 1.165) is 50.3 Å². The first-order valence-corrected chi connectivity index (χ1v) is 14.8. The molecule has 0 radical (unpaired) electrons. The number of carbonyl (C=O) groups is 3. The summed E-state index contributed by atoms with van der Waals surface area (Å²) in [4.78, 5) is 36.4. The molecule has 3 aliphatic carbocycles. The second-order valence-corrected chi connectivity index (χ2v) is 12.6. The molecule has 0 unspecified atom stereocenters. The van der Waals surface area contributed by atoms with Gasteiger partial charge in [-0.15, -0.1) is 0 Å². The molecule has 1 fully saturated rings. The van der Waals surface area contributed by atoms with Crippen LogP contribution in [0.1, 0.15) is 120 Å². The fourth-order valence-corrected chi connectivity index (χ4v) is 7.21. The van der Waals surface area contributed by atoms with Crippen molar-refractivity contribution in [2.75, 3.05) is 7.11 Å². The Bertz CT molecular complexity index is 1060. The van der Waals surface area contributed by atoms with Gasteiger partial charge in [0.25, 0.3) is 0 Å². The van der Waals surface area contributed by atoms with Crippen molar-refractivity contribution in [2.24, 2.45) is 23.2 Å². The molecular formula is C33H48O6. The summed E-state index contributed by atoms with van der Waals surface area (Å²) in [6.45, 7) is 11.5. The number of aromatic carboxylic acids is 1. The molecule has 0 amide bonds. The Morgan fingerprint density at radius 3 is 2.49 bits per heavy atom. The summed E-state index contributed by atoms with van der Waals surface area (Å²) >= 11 is 0. The Morgan fingerprint density at radius 2 is 1.82 bits per heavy atom. The highest BCUT2D eigenvalue weighted by molar-refractivity contribution is 6.29. The molecule has 216 valence electrons. The molecule has 4 rings (SSSR count). The maximum atomic E-state index is 12.5. The number of allylic oxidation sites excluding steroid dienone is 2. The number of carboxylic acid groups (broad SMARTS) is 1. The van der Waals surface area contributed by atoms with E-state index < -0.39 is 24.0 Å². The molecule has 1 aromatic rings. The Balaban J connectivity index is 1.97. The molecule has 6 nitrogen and oxygen atoms in total. The minimum Gasteiger partial charge on any atom is -0.478 e. The number of fused-ring (bicyclic) bond motifs is 8. The maximum Gasteiger partial charge on any atom is 0.417 e. The molecule has 39 heavy (non-hydrogen) atoms. The van der Waals surface area contributed by atoms with E-state index in [4.69, 9.17) is 4.74 Å². The molecule has 0 aliphatic heterocycles. The Labute approximate surface area is 234 Å². The summed E-state index contributed by atoms with van der Waals surface area (Å²) < 4.78 is 10.0. The van der Waals surface area contributed by atoms with Crippen molar-refractivity contribution in [3.05, 3.63) is 46.5 Å². The highest BCUT2D eigenvalue weighted by Crippen LogP contribution is 2.59. The first-order chi connectivity index (χ1) is 18.5. The van der Waals surface area contributed by atoms with Gasteiger partial charge in [-0.3, -0.25) is 0 Å². The lowest BCUT2D eigenvalue weighted by molar-refractivity contribution is -0.169. The summed E-state index contributed by atoms with van der Waals surface area (Å²) in [5, 5.41) is 10.3. The van der Waals surface area contributed by atoms with Gasteiger partial charge in [-0.2, -0.15) is 0 Å². The summed E-state index contributed by atoms with van der Waals surface area (Å²) in [5.41, 5.74) is 3.31. The van der Waals surface area contributed by atoms with Crippen molar-refractivity contribution in [1.82, 2.24) is 0 Å². The molecule has 2 bridgehead atoms. The highest BCUT2D eigenvalue weighted by Gasteiger charge is 2.49. The smallest absolute Gasteiger partial charge is 0.417 e. The topological polar surface area (TPSA) is 89.9 Å². The van der Waals surface area contributed by atoms with Crippen LogP contribution in [-0.2, 0) is 25.5 Å². The largest absolute Gasteiger partial charge is 0.478 e. The third kappa shape index (κ3) is 7.73. The van der Waals surface area contributed by atoms with Crippen LogP contribution in [0, 0.1) is 23.2 Å². The highest BCUT2D eigenvalue weighted by atomic mass is 16.6. The van der Waals surface area contributed by atoms with Crippen LogP contribution in [0.15, 0.2) is 29.8 Å². The molecule has 0 aromatic heterocycles. The van der Waals surface area contributed by atoms with E-state index in [1.165, 1.54) is 24.8 Å². The number of carboxylic acids is 1. The minimum absolute atomic E-state index is 0.0163. The molecule has 1 N–H and O–H groups in total. The minimum atomic E-state index is -1.03. The van der Waals surface area contributed by atoms with Gasteiger partial charge in [0, 0.05) is 6.42 Å². The summed E-state index contributed by atoms with van der Waals surface area (Å²) in [6.07, 6.45) is 11.1. The van der Waals surface area contributed by atoms with E-state index in [0.29, 0.717) is 36.2 Å². The van der Waals surface area contributed by atoms with Gasteiger partial charge in [-0.05, 0) is 91.7 Å². The number of methoxy groups -OCH3 is 1. The zero-order chi connectivity index (χ0) is 28.7. The number of benzene rings is 1. The number of carbonyl (C=O) groups excluding carboxylic acids is 2. The number of esters is 2. The molecule has 1 aromatic carbocycles. The van der Waals surface area contributed by atoms with Crippen LogP contribution in [0.3, 0.4) is 0 Å². The first-order valence-electron chi connectivity index (χ1n) is 14.8. The SMILES string of the molecule is COC(=O)C(=O)O[C@H]1CC/C(C)=C\CC[C@]2(C)[C@@H]([C@H](C)CCCC(C)C)CC[C@H]2c2ccc(cc2C(=O)O)C1. The quantitative estimate of drug-likeness (QED) is 0.219. The fourth-order valence-electron chi connectivity index (χ4n) is 7.21. The molecule has 3 aliphatic rings. The summed E-state index contributed by atoms with van der Waals surface area (Å²) in [7, 11) is 1.15. The van der Waals surface area contributed by atoms with Crippen LogP contribution < -0.4 is 0 Å². The monoisotopic (exact) mass is 540 g/mol. The average molecular weight is 541 g/mol. The number of hydrogen-bond acceptors (Lipinski definition) is 5. The Hall–Kier alpha value is -2.63. The zero-order valence-corrected chi connectivity index (χ0v) is 24.8. The predicted octanol–water partition coefficient (Wildman–Crippen LogP) is 7.49. The summed E-state index contributed by atoms with van der Waals surface area (Å²) in [5.74, 6) is -0.923. The third-order valence-corrected chi connectivity index (χ3v) is 9.39. The first kappa shape index (κ1) is 30.9. The van der Waals surface area contributed by atoms with Gasteiger partial charge in [0.2, 0.25) is 0 Å². The Kier molecular flexibility index (Phi) is 10.8. The lowest BCUT2D eigenvalue weighted by Crippen LogP contribution is -2.32. The predicted molar refractivity (Wildman–Crippen MR) is 153 cm³/mol. The van der Waals surface area contributed by atoms with Crippen LogP contribution in [0.2, 0.25) is 0 Å². The van der Waals surface area contributed by atoms with Crippen molar-refractivity contribution in [2.45, 2.75) is 111 Å². The van der Waals surface area contributed by atoms with Crippen molar-refractivity contribution in [3.63, 3.8) is 0 Å². The number of rotatable bonds is 7. The van der Waals surface area contributed by atoms with E-state index >= 15 is 0 Å². The lowest BCUT2D eigenvalue weighted by atomic mass is 9.63. The molecule has 0 spiro atoms. The molecule has 1 saturated carbocycles. The van der Waals surface area contributed by atoms with E-state index in [9.17, 15) is 19.5 Å². The van der Waals surface area contributed by atoms with Gasteiger partial charge in [0.1, 0.15) is 6.10 Å². The second-order valence-electron chi connectivity index (χ2n) is 12.6. The summed E-state index contributed by atoms with van der Waals surface area (Å²) in [6, 6.07) is 5.74. The van der Waals surface area contributed by atoms with Crippen molar-refractivity contribution < 1.29 is 29.0 Å². The van der Waals surface area contributed by atoms with Crippen LogP contribution in [0.5, 0.6) is 0 Å². The molecule has 6 heteroatoms. The molecule has 0 heterocycles. The van der Waals surface area contributed by atoms with Gasteiger partial charge in [0.05, 0.1) is 12.7 Å². The zero-order valence-electron chi connectivity index (χ0n) is 24.8. The van der Waals surface area contributed by atoms with Crippen LogP contribution in [-0.4, -0.2) is 36.2 Å². The van der Waals surface area contributed by atoms with Gasteiger partial charge in [-0.25, -0.2) is 14.4 Å². The lowest BCUT2D eigenvalue weighted by Gasteiger charge is -2.41. The van der Waals surface area contributed by atoms with E-state index in [-0.39, 0.29) is 11.3 Å². The second kappa shape index (κ2) is 13.6. The van der Waals surface area contributed by atoms with E-state index in [1.807, 2.05) is 12.1 Å². The number of hydrogen-bond donors (Lipinski definition) is 1. The van der Waals surface area contributed by atoms with Gasteiger partial charge in [0.15, 0.2) is 0 Å². The molecular weight excluding hydrogens is 492 g/mol. The third-order valence-electron chi connectivity index (χ3n) is 9.39. The van der Waals surface area contributed by atoms with Crippen molar-refractivity contribution >= 4 is 17.9 Å². The van der Waals surface area contributed by atoms with Crippen molar-refractivity contribution in [1.29, 1.82) is 0 Å². The standard InChI is InChI=1S/C33H48O6/c1-21(2)9-7-11-23(4)28-16-17-29-26-15-13-24(20-27(26)30(34)35)19-25(39-32(37)31(36)38-6)14-12-22(3)10-8-18-33(28,29)5/h10,13,15,20-21,23,25,28-29H,7-9,11-12,14,16-19H2,1-6H3,(H,34,35)/b22-10-/t23-,25+,28-,29+,33-/m1/s1. The van der Waals surface area contributed by atoms with Gasteiger partial charge < -0.3 is 14.6 Å². The van der Waals surface area contributed by atoms with Crippen LogP contribution in [0.4, 0.5) is 0 Å². The van der Waals surface area contributed by atoms with E-state index in [1.54, 1.807) is 6.07 Å². The maximum absolute atomic E-state index is 12.5. The normalized spacial score (nSPS) is 27.7. The van der Waals surface area contributed by atoms with E-state index in [2.05, 4.69) is 45.4 Å². The van der Waals surface area contributed by atoms with Crippen LogP contribution in [0.25, 0.3) is 0 Å². The van der Waals surface area contributed by atoms with Crippen LogP contribution >= 0.6 is 0 Å². The average Bonchev–Trinajstić information content (AvgIpc) is 3.22. The van der Waals surface area contributed by atoms with Gasteiger partial charge >= 0.3 is 17.9 Å². The number of ether oxygens (including phenoxy) is 2. The Morgan fingerprint density at radius 1 is 1.08 bits per heavy atom.